The second kappa shape index (κ2) is 6.17. The van der Waals surface area contributed by atoms with E-state index in [0.717, 1.165) is 24.5 Å². The van der Waals surface area contributed by atoms with Crippen molar-refractivity contribution in [2.24, 2.45) is 0 Å². The molecule has 0 aromatic heterocycles. The van der Waals surface area contributed by atoms with E-state index in [9.17, 15) is 13.6 Å². The van der Waals surface area contributed by atoms with Crippen molar-refractivity contribution in [3.05, 3.63) is 69.8 Å². The standard InChI is InChI=1S/C18H18F2O/c1-4-12-6-7-14(9-13(12)5-2)18(21)15-8-11(3)16(19)10-17(15)20/h6-10H,4-5H2,1-3H3. The number of halogens is 2. The fourth-order valence-electron chi connectivity index (χ4n) is 2.43. The minimum absolute atomic E-state index is 0.0831. The van der Waals surface area contributed by atoms with Gasteiger partial charge in [-0.25, -0.2) is 8.78 Å². The number of ketones is 1. The van der Waals surface area contributed by atoms with E-state index in [1.54, 1.807) is 12.1 Å². The highest BCUT2D eigenvalue weighted by molar-refractivity contribution is 6.09. The zero-order chi connectivity index (χ0) is 15.6. The Morgan fingerprint density at radius 3 is 2.24 bits per heavy atom. The topological polar surface area (TPSA) is 17.1 Å². The first kappa shape index (κ1) is 15.4. The normalized spacial score (nSPS) is 10.7. The molecule has 0 aliphatic rings. The molecule has 0 N–H and O–H groups in total. The van der Waals surface area contributed by atoms with E-state index in [2.05, 4.69) is 6.92 Å². The van der Waals surface area contributed by atoms with Gasteiger partial charge in [0.15, 0.2) is 5.78 Å². The Kier molecular flexibility index (Phi) is 4.51. The molecule has 0 aliphatic carbocycles. The van der Waals surface area contributed by atoms with Gasteiger partial charge >= 0.3 is 0 Å². The highest BCUT2D eigenvalue weighted by Crippen LogP contribution is 2.20. The Morgan fingerprint density at radius 1 is 0.952 bits per heavy atom. The van der Waals surface area contributed by atoms with Crippen LogP contribution in [-0.4, -0.2) is 5.78 Å². The Bertz CT molecular complexity index is 690. The first-order chi connectivity index (χ1) is 9.97. The van der Waals surface area contributed by atoms with Gasteiger partial charge in [-0.05, 0) is 48.6 Å². The van der Waals surface area contributed by atoms with Crippen molar-refractivity contribution in [1.82, 2.24) is 0 Å². The third kappa shape index (κ3) is 3.02. The molecule has 2 aromatic carbocycles. The number of aryl methyl sites for hydroxylation is 3. The third-order valence-corrected chi connectivity index (χ3v) is 3.72. The molecule has 0 bridgehead atoms. The summed E-state index contributed by atoms with van der Waals surface area (Å²) < 4.78 is 27.1. The molecular formula is C18H18F2O. The van der Waals surface area contributed by atoms with E-state index >= 15 is 0 Å². The van der Waals surface area contributed by atoms with Crippen LogP contribution in [0.15, 0.2) is 30.3 Å². The zero-order valence-corrected chi connectivity index (χ0v) is 12.5. The number of carbonyl (C=O) groups is 1. The van der Waals surface area contributed by atoms with E-state index in [1.165, 1.54) is 18.6 Å². The summed E-state index contributed by atoms with van der Waals surface area (Å²) in [6.07, 6.45) is 1.71. The summed E-state index contributed by atoms with van der Waals surface area (Å²) in [5.41, 5.74) is 2.89. The van der Waals surface area contributed by atoms with Crippen molar-refractivity contribution in [1.29, 1.82) is 0 Å². The van der Waals surface area contributed by atoms with Crippen LogP contribution < -0.4 is 0 Å². The first-order valence-electron chi connectivity index (χ1n) is 7.10. The molecule has 0 amide bonds. The van der Waals surface area contributed by atoms with E-state index in [0.29, 0.717) is 5.56 Å². The molecule has 1 nitrogen and oxygen atoms in total. The molecule has 3 heteroatoms. The van der Waals surface area contributed by atoms with Gasteiger partial charge in [-0.1, -0.05) is 26.0 Å². The van der Waals surface area contributed by atoms with Crippen LogP contribution in [0.25, 0.3) is 0 Å². The molecule has 0 heterocycles. The number of rotatable bonds is 4. The molecule has 2 aromatic rings. The predicted octanol–water partition coefficient (Wildman–Crippen LogP) is 4.63. The van der Waals surface area contributed by atoms with E-state index < -0.39 is 17.4 Å². The van der Waals surface area contributed by atoms with Crippen LogP contribution in [0.1, 0.15) is 46.5 Å². The third-order valence-electron chi connectivity index (χ3n) is 3.72. The van der Waals surface area contributed by atoms with Gasteiger partial charge in [0, 0.05) is 11.6 Å². The van der Waals surface area contributed by atoms with Gasteiger partial charge in [-0.3, -0.25) is 4.79 Å². The molecule has 0 saturated carbocycles. The van der Waals surface area contributed by atoms with Crippen LogP contribution in [-0.2, 0) is 12.8 Å². The molecule has 0 fully saturated rings. The summed E-state index contributed by atoms with van der Waals surface area (Å²) >= 11 is 0. The minimum Gasteiger partial charge on any atom is -0.288 e. The van der Waals surface area contributed by atoms with Gasteiger partial charge in [-0.15, -0.1) is 0 Å². The highest BCUT2D eigenvalue weighted by Gasteiger charge is 2.17. The van der Waals surface area contributed by atoms with Gasteiger partial charge in [0.2, 0.25) is 0 Å². The van der Waals surface area contributed by atoms with Crippen LogP contribution in [0.4, 0.5) is 8.78 Å². The van der Waals surface area contributed by atoms with Crippen molar-refractivity contribution in [2.75, 3.05) is 0 Å². The summed E-state index contributed by atoms with van der Waals surface area (Å²) in [5.74, 6) is -1.87. The zero-order valence-electron chi connectivity index (χ0n) is 12.5. The lowest BCUT2D eigenvalue weighted by atomic mass is 9.95. The van der Waals surface area contributed by atoms with E-state index in [4.69, 9.17) is 0 Å². The van der Waals surface area contributed by atoms with Gasteiger partial charge in [0.25, 0.3) is 0 Å². The summed E-state index contributed by atoms with van der Waals surface area (Å²) in [5, 5.41) is 0. The van der Waals surface area contributed by atoms with Crippen LogP contribution in [0, 0.1) is 18.6 Å². The maximum Gasteiger partial charge on any atom is 0.195 e. The van der Waals surface area contributed by atoms with Crippen LogP contribution in [0.2, 0.25) is 0 Å². The molecule has 110 valence electrons. The lowest BCUT2D eigenvalue weighted by Gasteiger charge is -2.09. The van der Waals surface area contributed by atoms with Crippen LogP contribution in [0.3, 0.4) is 0 Å². The second-order valence-electron chi connectivity index (χ2n) is 5.10. The number of carbonyl (C=O) groups excluding carboxylic acids is 1. The summed E-state index contributed by atoms with van der Waals surface area (Å²) in [6.45, 7) is 5.59. The number of hydrogen-bond donors (Lipinski definition) is 0. The van der Waals surface area contributed by atoms with Crippen molar-refractivity contribution in [2.45, 2.75) is 33.6 Å². The van der Waals surface area contributed by atoms with Crippen molar-refractivity contribution < 1.29 is 13.6 Å². The Balaban J connectivity index is 2.47. The Hall–Kier alpha value is -2.03. The van der Waals surface area contributed by atoms with E-state index in [1.807, 2.05) is 13.0 Å². The second-order valence-corrected chi connectivity index (χ2v) is 5.10. The Labute approximate surface area is 123 Å². The van der Waals surface area contributed by atoms with Crippen molar-refractivity contribution >= 4 is 5.78 Å². The quantitative estimate of drug-likeness (QED) is 0.750. The van der Waals surface area contributed by atoms with Crippen molar-refractivity contribution in [3.8, 4) is 0 Å². The Morgan fingerprint density at radius 2 is 1.62 bits per heavy atom. The van der Waals surface area contributed by atoms with Gasteiger partial charge in [0.1, 0.15) is 11.6 Å². The molecule has 0 saturated heterocycles. The lowest BCUT2D eigenvalue weighted by molar-refractivity contribution is 0.103. The fourth-order valence-corrected chi connectivity index (χ4v) is 2.43. The van der Waals surface area contributed by atoms with Gasteiger partial charge < -0.3 is 0 Å². The smallest absolute Gasteiger partial charge is 0.195 e. The highest BCUT2D eigenvalue weighted by atomic mass is 19.1. The molecule has 21 heavy (non-hydrogen) atoms. The van der Waals surface area contributed by atoms with E-state index in [-0.39, 0.29) is 11.1 Å². The lowest BCUT2D eigenvalue weighted by Crippen LogP contribution is -2.07. The van der Waals surface area contributed by atoms with Gasteiger partial charge in [-0.2, -0.15) is 0 Å². The average Bonchev–Trinajstić information content (AvgIpc) is 2.49. The molecule has 0 aliphatic heterocycles. The van der Waals surface area contributed by atoms with Crippen LogP contribution in [0.5, 0.6) is 0 Å². The predicted molar refractivity (Wildman–Crippen MR) is 79.7 cm³/mol. The summed E-state index contributed by atoms with van der Waals surface area (Å²) in [4.78, 5) is 12.4. The molecule has 0 unspecified atom stereocenters. The molecular weight excluding hydrogens is 270 g/mol. The minimum atomic E-state index is -0.819. The largest absolute Gasteiger partial charge is 0.288 e. The van der Waals surface area contributed by atoms with Crippen molar-refractivity contribution in [3.63, 3.8) is 0 Å². The number of benzene rings is 2. The first-order valence-corrected chi connectivity index (χ1v) is 7.10. The monoisotopic (exact) mass is 288 g/mol. The molecule has 0 spiro atoms. The number of hydrogen-bond acceptors (Lipinski definition) is 1. The average molecular weight is 288 g/mol. The molecule has 0 atom stereocenters. The summed E-state index contributed by atoms with van der Waals surface area (Å²) in [7, 11) is 0. The van der Waals surface area contributed by atoms with Crippen LogP contribution >= 0.6 is 0 Å². The fraction of sp³-hybridized carbons (Fsp3) is 0.278. The maximum absolute atomic E-state index is 13.8. The molecule has 2 rings (SSSR count). The SMILES string of the molecule is CCc1ccc(C(=O)c2cc(C)c(F)cc2F)cc1CC. The molecule has 0 radical (unpaired) electrons. The van der Waals surface area contributed by atoms with Gasteiger partial charge in [0.05, 0.1) is 5.56 Å². The summed E-state index contributed by atoms with van der Waals surface area (Å²) in [6, 6.07) is 7.45. The maximum atomic E-state index is 13.8.